The molecule has 0 aromatic heterocycles. The van der Waals surface area contributed by atoms with Crippen LogP contribution in [0.3, 0.4) is 0 Å². The molecule has 0 saturated carbocycles. The molecule has 0 heterocycles. The second-order valence-corrected chi connectivity index (χ2v) is 19.2. The highest BCUT2D eigenvalue weighted by Gasteiger charge is 2.17. The van der Waals surface area contributed by atoms with E-state index in [1.807, 2.05) is 0 Å². The van der Waals surface area contributed by atoms with Gasteiger partial charge in [0, 0.05) is 19.4 Å². The molecule has 0 bridgehead atoms. The van der Waals surface area contributed by atoms with Crippen LogP contribution < -0.4 is 0 Å². The average Bonchev–Trinajstić information content (AvgIpc) is 3.32. The molecule has 0 N–H and O–H groups in total. The molecule has 1 atom stereocenters. The Morgan fingerprint density at radius 3 is 1.05 bits per heavy atom. The molecule has 0 amide bonds. The van der Waals surface area contributed by atoms with Crippen LogP contribution in [-0.2, 0) is 23.8 Å². The number of allylic oxidation sites excluding steroid dienone is 10. The zero-order valence-electron chi connectivity index (χ0n) is 44.2. The number of carbonyl (C=O) groups is 2. The van der Waals surface area contributed by atoms with E-state index >= 15 is 0 Å². The minimum absolute atomic E-state index is 0.0755. The van der Waals surface area contributed by atoms with Crippen molar-refractivity contribution in [3.63, 3.8) is 0 Å². The Labute approximate surface area is 411 Å². The molecule has 0 aliphatic carbocycles. The van der Waals surface area contributed by atoms with E-state index in [1.54, 1.807) is 0 Å². The molecule has 0 aromatic carbocycles. The summed E-state index contributed by atoms with van der Waals surface area (Å²) in [5, 5.41) is 0. The number of ether oxygens (including phenoxy) is 3. The summed E-state index contributed by atoms with van der Waals surface area (Å²) in [5.41, 5.74) is 0. The second kappa shape index (κ2) is 56.9. The molecule has 0 radical (unpaired) electrons. The van der Waals surface area contributed by atoms with Gasteiger partial charge in [0.25, 0.3) is 0 Å². The third-order valence-electron chi connectivity index (χ3n) is 12.5. The van der Waals surface area contributed by atoms with Gasteiger partial charge in [-0.1, -0.05) is 229 Å². The highest BCUT2D eigenvalue weighted by atomic mass is 16.6. The molecule has 5 nitrogen and oxygen atoms in total. The molecule has 0 saturated heterocycles. The van der Waals surface area contributed by atoms with Crippen molar-refractivity contribution in [2.45, 2.75) is 297 Å². The van der Waals surface area contributed by atoms with Crippen LogP contribution in [0, 0.1) is 0 Å². The largest absolute Gasteiger partial charge is 0.462 e. The van der Waals surface area contributed by atoms with Crippen LogP contribution >= 0.6 is 0 Å². The summed E-state index contributed by atoms with van der Waals surface area (Å²) in [6.45, 7) is 7.78. The van der Waals surface area contributed by atoms with E-state index in [1.165, 1.54) is 193 Å². The summed E-state index contributed by atoms with van der Waals surface area (Å²) in [6.07, 6.45) is 72.3. The molecule has 0 fully saturated rings. The van der Waals surface area contributed by atoms with Crippen LogP contribution in [-0.4, -0.2) is 37.9 Å². The number of hydrogen-bond acceptors (Lipinski definition) is 5. The number of hydrogen-bond donors (Lipinski definition) is 0. The van der Waals surface area contributed by atoms with Gasteiger partial charge in [-0.05, 0) is 109 Å². The van der Waals surface area contributed by atoms with E-state index in [0.717, 1.165) is 64.2 Å². The predicted molar refractivity (Wildman–Crippen MR) is 288 cm³/mol. The average molecular weight is 924 g/mol. The third kappa shape index (κ3) is 54.2. The van der Waals surface area contributed by atoms with Gasteiger partial charge in [-0.15, -0.1) is 0 Å². The van der Waals surface area contributed by atoms with E-state index in [4.69, 9.17) is 14.2 Å². The summed E-state index contributed by atoms with van der Waals surface area (Å²) >= 11 is 0. The minimum atomic E-state index is -0.549. The number of rotatable bonds is 53. The van der Waals surface area contributed by atoms with Crippen LogP contribution in [0.25, 0.3) is 0 Å². The van der Waals surface area contributed by atoms with E-state index in [9.17, 15) is 9.59 Å². The molecule has 1 unspecified atom stereocenters. The third-order valence-corrected chi connectivity index (χ3v) is 12.5. The fourth-order valence-electron chi connectivity index (χ4n) is 8.15. The van der Waals surface area contributed by atoms with Crippen LogP contribution in [0.15, 0.2) is 60.8 Å². The Balaban J connectivity index is 4.29. The SMILES string of the molecule is CCCCC/C=C\C/C=C\CCCCCCCCCCOCC(COC(=O)CCCCCCCCC/C=C\CCCCCCCC)OC(=O)CCCCCCC/C=C\C/C=C\CCCCC. The van der Waals surface area contributed by atoms with Crippen LogP contribution in [0.2, 0.25) is 0 Å². The summed E-state index contributed by atoms with van der Waals surface area (Å²) < 4.78 is 17.5. The van der Waals surface area contributed by atoms with E-state index in [2.05, 4.69) is 81.5 Å². The molecule has 5 heteroatoms. The van der Waals surface area contributed by atoms with Crippen molar-refractivity contribution >= 4 is 11.9 Å². The summed E-state index contributed by atoms with van der Waals surface area (Å²) in [5.74, 6) is -0.411. The molecule has 0 aliphatic heterocycles. The fourth-order valence-corrected chi connectivity index (χ4v) is 8.15. The molecule has 0 rings (SSSR count). The first-order valence-corrected chi connectivity index (χ1v) is 28.8. The van der Waals surface area contributed by atoms with Crippen molar-refractivity contribution in [1.82, 2.24) is 0 Å². The maximum absolute atomic E-state index is 12.8. The Morgan fingerprint density at radius 2 is 0.636 bits per heavy atom. The first-order chi connectivity index (χ1) is 32.6. The quantitative estimate of drug-likeness (QED) is 0.0346. The topological polar surface area (TPSA) is 61.8 Å². The first kappa shape index (κ1) is 63.6. The molecule has 384 valence electrons. The van der Waals surface area contributed by atoms with Gasteiger partial charge in [-0.25, -0.2) is 0 Å². The number of esters is 2. The normalized spacial score (nSPS) is 12.6. The number of carbonyl (C=O) groups excluding carboxylic acids is 2. The van der Waals surface area contributed by atoms with Gasteiger partial charge >= 0.3 is 11.9 Å². The monoisotopic (exact) mass is 923 g/mol. The summed E-state index contributed by atoms with van der Waals surface area (Å²) in [4.78, 5) is 25.5. The summed E-state index contributed by atoms with van der Waals surface area (Å²) in [7, 11) is 0. The van der Waals surface area contributed by atoms with Crippen molar-refractivity contribution in [3.8, 4) is 0 Å². The zero-order valence-corrected chi connectivity index (χ0v) is 44.2. The van der Waals surface area contributed by atoms with E-state index < -0.39 is 6.10 Å². The smallest absolute Gasteiger partial charge is 0.306 e. The van der Waals surface area contributed by atoms with Crippen molar-refractivity contribution in [2.75, 3.05) is 19.8 Å². The molecule has 0 aromatic rings. The lowest BCUT2D eigenvalue weighted by atomic mass is 10.1. The molecular formula is C61H110O5. The standard InChI is InChI=1S/C61H110O5/c1-4-7-10-13-16-19-22-25-28-30-32-35-38-41-44-47-50-53-56-64-57-59(66-61(63)55-52-49-46-43-40-37-33-27-24-21-18-15-12-9-6-3)58-65-60(62)54-51-48-45-42-39-36-34-31-29-26-23-20-17-14-11-8-5-2/h16,18-19,21,25-29,33,59H,4-15,17,20,22-24,30-32,34-58H2,1-3H3/b19-16-,21-18-,28-25-,29-26-,33-27-. The Kier molecular flexibility index (Phi) is 54.9. The lowest BCUT2D eigenvalue weighted by molar-refractivity contribution is -0.163. The lowest BCUT2D eigenvalue weighted by Crippen LogP contribution is -2.30. The Bertz CT molecular complexity index is 1130. The van der Waals surface area contributed by atoms with Gasteiger partial charge in [0.1, 0.15) is 6.61 Å². The van der Waals surface area contributed by atoms with Gasteiger partial charge in [0.05, 0.1) is 6.61 Å². The molecule has 66 heavy (non-hydrogen) atoms. The van der Waals surface area contributed by atoms with Gasteiger partial charge in [0.15, 0.2) is 6.10 Å². The van der Waals surface area contributed by atoms with Crippen LogP contribution in [0.1, 0.15) is 290 Å². The minimum Gasteiger partial charge on any atom is -0.462 e. The van der Waals surface area contributed by atoms with E-state index in [-0.39, 0.29) is 25.2 Å². The maximum atomic E-state index is 12.8. The van der Waals surface area contributed by atoms with E-state index in [0.29, 0.717) is 19.4 Å². The predicted octanol–water partition coefficient (Wildman–Crippen LogP) is 19.7. The van der Waals surface area contributed by atoms with Crippen molar-refractivity contribution in [2.24, 2.45) is 0 Å². The number of unbranched alkanes of at least 4 members (excludes halogenated alkanes) is 32. The van der Waals surface area contributed by atoms with Gasteiger partial charge in [0.2, 0.25) is 0 Å². The van der Waals surface area contributed by atoms with Gasteiger partial charge in [-0.2, -0.15) is 0 Å². The lowest BCUT2D eigenvalue weighted by Gasteiger charge is -2.18. The second-order valence-electron chi connectivity index (χ2n) is 19.2. The van der Waals surface area contributed by atoms with Crippen LogP contribution in [0.5, 0.6) is 0 Å². The molecular weight excluding hydrogens is 813 g/mol. The highest BCUT2D eigenvalue weighted by molar-refractivity contribution is 5.70. The van der Waals surface area contributed by atoms with Gasteiger partial charge in [-0.3, -0.25) is 9.59 Å². The Morgan fingerprint density at radius 1 is 0.333 bits per heavy atom. The summed E-state index contributed by atoms with van der Waals surface area (Å²) in [6, 6.07) is 0. The van der Waals surface area contributed by atoms with Crippen LogP contribution in [0.4, 0.5) is 0 Å². The molecule has 0 spiro atoms. The van der Waals surface area contributed by atoms with Crippen molar-refractivity contribution in [3.05, 3.63) is 60.8 Å². The van der Waals surface area contributed by atoms with Crippen molar-refractivity contribution < 1.29 is 23.8 Å². The maximum Gasteiger partial charge on any atom is 0.306 e. The first-order valence-electron chi connectivity index (χ1n) is 28.8. The highest BCUT2D eigenvalue weighted by Crippen LogP contribution is 2.15. The fraction of sp³-hybridized carbons (Fsp3) is 0.803. The Hall–Kier alpha value is -2.40. The van der Waals surface area contributed by atoms with Crippen molar-refractivity contribution in [1.29, 1.82) is 0 Å². The zero-order chi connectivity index (χ0) is 47.7. The molecule has 0 aliphatic rings. The van der Waals surface area contributed by atoms with Gasteiger partial charge < -0.3 is 14.2 Å².